The van der Waals surface area contributed by atoms with Crippen LogP contribution >= 0.6 is 0 Å². The first kappa shape index (κ1) is 5.68. The van der Waals surface area contributed by atoms with Crippen molar-refractivity contribution in [2.75, 3.05) is 6.61 Å². The summed E-state index contributed by atoms with van der Waals surface area (Å²) in [5.74, 6) is 0. The van der Waals surface area contributed by atoms with Crippen LogP contribution in [0.1, 0.15) is 5.69 Å². The topological polar surface area (TPSA) is 41.2 Å². The van der Waals surface area contributed by atoms with E-state index in [4.69, 9.17) is 4.74 Å². The van der Waals surface area contributed by atoms with Gasteiger partial charge >= 0.3 is 0 Å². The van der Waals surface area contributed by atoms with Gasteiger partial charge in [-0.25, -0.2) is 4.98 Å². The van der Waals surface area contributed by atoms with E-state index in [-0.39, 0.29) is 0 Å². The molecule has 0 radical (unpaired) electrons. The molecular formula is C7H8N2O. The molecule has 0 saturated carbocycles. The van der Waals surface area contributed by atoms with Crippen molar-refractivity contribution >= 4 is 6.08 Å². The zero-order valence-corrected chi connectivity index (χ0v) is 5.45. The van der Waals surface area contributed by atoms with Crippen molar-refractivity contribution in [3.8, 4) is 0 Å². The fraction of sp³-hybridized carbons (Fsp3) is 0.286. The molecule has 0 aliphatic carbocycles. The first-order chi connectivity index (χ1) is 4.95. The van der Waals surface area contributed by atoms with Crippen LogP contribution in [0.25, 0.3) is 6.08 Å². The monoisotopic (exact) mass is 136 g/mol. The highest BCUT2D eigenvalue weighted by Crippen LogP contribution is 2.11. The smallest absolute Gasteiger partial charge is 0.0994 e. The van der Waals surface area contributed by atoms with Crippen molar-refractivity contribution in [1.82, 2.24) is 9.97 Å². The van der Waals surface area contributed by atoms with Crippen molar-refractivity contribution in [3.63, 3.8) is 0 Å². The van der Waals surface area contributed by atoms with Crippen LogP contribution in [0.15, 0.2) is 18.6 Å². The molecule has 1 unspecified atom stereocenters. The average molecular weight is 136 g/mol. The molecule has 3 heteroatoms. The van der Waals surface area contributed by atoms with Crippen LogP contribution in [0.3, 0.4) is 0 Å². The summed E-state index contributed by atoms with van der Waals surface area (Å²) in [7, 11) is 0. The fourth-order valence-electron chi connectivity index (χ4n) is 0.735. The van der Waals surface area contributed by atoms with Gasteiger partial charge in [0.05, 0.1) is 30.9 Å². The van der Waals surface area contributed by atoms with Gasteiger partial charge in [0.15, 0.2) is 0 Å². The van der Waals surface area contributed by atoms with Gasteiger partial charge in [0.1, 0.15) is 0 Å². The van der Waals surface area contributed by atoms with E-state index in [9.17, 15) is 0 Å². The van der Waals surface area contributed by atoms with Crippen LogP contribution in [0.2, 0.25) is 0 Å². The Balaban J connectivity index is 2.01. The average Bonchev–Trinajstić information content (AvgIpc) is 2.63. The number of epoxide rings is 1. The number of rotatable bonds is 2. The Labute approximate surface area is 58.7 Å². The van der Waals surface area contributed by atoms with Gasteiger partial charge < -0.3 is 9.72 Å². The summed E-state index contributed by atoms with van der Waals surface area (Å²) in [5, 5.41) is 0. The molecule has 0 aromatic carbocycles. The third-order valence-corrected chi connectivity index (χ3v) is 1.37. The second-order valence-electron chi connectivity index (χ2n) is 2.24. The Morgan fingerprint density at radius 1 is 1.80 bits per heavy atom. The summed E-state index contributed by atoms with van der Waals surface area (Å²) in [4.78, 5) is 6.84. The van der Waals surface area contributed by atoms with E-state index in [1.54, 1.807) is 12.5 Å². The van der Waals surface area contributed by atoms with Crippen molar-refractivity contribution in [2.24, 2.45) is 0 Å². The Kier molecular flexibility index (Phi) is 1.29. The molecule has 1 saturated heterocycles. The molecular weight excluding hydrogens is 128 g/mol. The van der Waals surface area contributed by atoms with Crippen molar-refractivity contribution < 1.29 is 4.74 Å². The second-order valence-corrected chi connectivity index (χ2v) is 2.24. The summed E-state index contributed by atoms with van der Waals surface area (Å²) < 4.78 is 4.99. The molecule has 0 bridgehead atoms. The van der Waals surface area contributed by atoms with Crippen molar-refractivity contribution in [3.05, 3.63) is 24.3 Å². The zero-order valence-electron chi connectivity index (χ0n) is 5.45. The van der Waals surface area contributed by atoms with Gasteiger partial charge in [-0.05, 0) is 6.08 Å². The first-order valence-corrected chi connectivity index (χ1v) is 3.23. The molecule has 2 heterocycles. The maximum absolute atomic E-state index is 4.99. The molecule has 1 aliphatic rings. The number of nitrogens with zero attached hydrogens (tertiary/aromatic N) is 1. The number of hydrogen-bond donors (Lipinski definition) is 1. The van der Waals surface area contributed by atoms with Gasteiger partial charge in [-0.3, -0.25) is 0 Å². The highest BCUT2D eigenvalue weighted by Gasteiger charge is 2.17. The predicted molar refractivity (Wildman–Crippen MR) is 37.4 cm³/mol. The van der Waals surface area contributed by atoms with E-state index in [1.165, 1.54) is 0 Å². The minimum absolute atomic E-state index is 0.350. The molecule has 1 aromatic rings. The van der Waals surface area contributed by atoms with Crippen LogP contribution in [0, 0.1) is 0 Å². The Hall–Kier alpha value is -1.09. The standard InChI is InChI=1S/C7H8N2O/c1(2-7-4-10-7)6-3-8-5-9-6/h1-3,5,7H,4H2,(H,8,9)/b2-1+. The van der Waals surface area contributed by atoms with Crippen LogP contribution in [0.4, 0.5) is 0 Å². The van der Waals surface area contributed by atoms with Gasteiger partial charge in [0.25, 0.3) is 0 Å². The lowest BCUT2D eigenvalue weighted by molar-refractivity contribution is 0.440. The molecule has 1 aromatic heterocycles. The molecule has 0 amide bonds. The summed E-state index contributed by atoms with van der Waals surface area (Å²) in [5.41, 5.74) is 1.02. The SMILES string of the molecule is C(=C\C1CO1)/c1cnc[nH]1. The maximum Gasteiger partial charge on any atom is 0.0994 e. The summed E-state index contributed by atoms with van der Waals surface area (Å²) >= 11 is 0. The highest BCUT2D eigenvalue weighted by atomic mass is 16.6. The molecule has 3 nitrogen and oxygen atoms in total. The third kappa shape index (κ3) is 1.25. The second kappa shape index (κ2) is 2.27. The lowest BCUT2D eigenvalue weighted by atomic mass is 10.3. The van der Waals surface area contributed by atoms with Crippen LogP contribution in [-0.4, -0.2) is 22.7 Å². The minimum atomic E-state index is 0.350. The van der Waals surface area contributed by atoms with E-state index in [2.05, 4.69) is 9.97 Å². The van der Waals surface area contributed by atoms with Gasteiger partial charge in [-0.15, -0.1) is 0 Å². The lowest BCUT2D eigenvalue weighted by Gasteiger charge is -1.79. The molecule has 0 spiro atoms. The summed E-state index contributed by atoms with van der Waals surface area (Å²) in [6.45, 7) is 0.866. The quantitative estimate of drug-likeness (QED) is 0.611. The Morgan fingerprint density at radius 2 is 2.70 bits per heavy atom. The number of hydrogen-bond acceptors (Lipinski definition) is 2. The molecule has 10 heavy (non-hydrogen) atoms. The molecule has 2 rings (SSSR count). The molecule has 1 atom stereocenters. The number of aromatic nitrogens is 2. The molecule has 1 N–H and O–H groups in total. The van der Waals surface area contributed by atoms with Crippen LogP contribution < -0.4 is 0 Å². The third-order valence-electron chi connectivity index (χ3n) is 1.37. The fourth-order valence-corrected chi connectivity index (χ4v) is 0.735. The lowest BCUT2D eigenvalue weighted by Crippen LogP contribution is -1.74. The van der Waals surface area contributed by atoms with E-state index in [0.29, 0.717) is 6.10 Å². The van der Waals surface area contributed by atoms with Crippen LogP contribution in [-0.2, 0) is 4.74 Å². The number of nitrogens with one attached hydrogen (secondary N) is 1. The Morgan fingerprint density at radius 3 is 3.30 bits per heavy atom. The number of aromatic amines is 1. The molecule has 1 fully saturated rings. The number of imidazole rings is 1. The normalized spacial score (nSPS) is 23.8. The van der Waals surface area contributed by atoms with Crippen LogP contribution in [0.5, 0.6) is 0 Å². The number of H-pyrrole nitrogens is 1. The van der Waals surface area contributed by atoms with Crippen molar-refractivity contribution in [2.45, 2.75) is 6.10 Å². The van der Waals surface area contributed by atoms with Crippen molar-refractivity contribution in [1.29, 1.82) is 0 Å². The zero-order chi connectivity index (χ0) is 6.81. The Bertz CT molecular complexity index is 224. The minimum Gasteiger partial charge on any atom is -0.369 e. The predicted octanol–water partition coefficient (Wildman–Crippen LogP) is 0.822. The molecule has 1 aliphatic heterocycles. The van der Waals surface area contributed by atoms with Gasteiger partial charge in [0, 0.05) is 0 Å². The van der Waals surface area contributed by atoms with Gasteiger partial charge in [-0.2, -0.15) is 0 Å². The van der Waals surface area contributed by atoms with E-state index in [1.807, 2.05) is 12.2 Å². The first-order valence-electron chi connectivity index (χ1n) is 3.23. The van der Waals surface area contributed by atoms with E-state index < -0.39 is 0 Å². The highest BCUT2D eigenvalue weighted by molar-refractivity contribution is 5.44. The molecule has 52 valence electrons. The summed E-state index contributed by atoms with van der Waals surface area (Å²) in [6, 6.07) is 0. The largest absolute Gasteiger partial charge is 0.369 e. The maximum atomic E-state index is 4.99. The summed E-state index contributed by atoms with van der Waals surface area (Å²) in [6.07, 6.45) is 7.79. The van der Waals surface area contributed by atoms with Gasteiger partial charge in [0.2, 0.25) is 0 Å². The van der Waals surface area contributed by atoms with E-state index >= 15 is 0 Å². The van der Waals surface area contributed by atoms with Gasteiger partial charge in [-0.1, -0.05) is 6.08 Å². The number of ether oxygens (including phenoxy) is 1. The van der Waals surface area contributed by atoms with E-state index in [0.717, 1.165) is 12.3 Å².